The standard InChI is InChI=1S/C28H31N3O5/c1-34-25-11-10-22(13-26(25)35-2)14-27(32)31-18-24(36-20-23-9-6-12-29-15-23)17-30(28(33)19-31)16-21-7-4-3-5-8-21/h3-13,15,24H,14,16-20H2,1-2H3/t24-/m1/s1. The molecule has 0 saturated carbocycles. The molecular weight excluding hydrogens is 458 g/mol. The van der Waals surface area contributed by atoms with Gasteiger partial charge in [-0.05, 0) is 34.9 Å². The van der Waals surface area contributed by atoms with Crippen LogP contribution in [0.5, 0.6) is 11.5 Å². The molecular formula is C28H31N3O5. The molecule has 1 aliphatic rings. The molecule has 1 aromatic heterocycles. The number of aromatic nitrogens is 1. The van der Waals surface area contributed by atoms with Crippen molar-refractivity contribution in [1.29, 1.82) is 0 Å². The number of carbonyl (C=O) groups excluding carboxylic acids is 2. The van der Waals surface area contributed by atoms with E-state index in [9.17, 15) is 9.59 Å². The first-order chi connectivity index (χ1) is 17.6. The second-order valence-electron chi connectivity index (χ2n) is 8.69. The quantitative estimate of drug-likeness (QED) is 0.460. The number of rotatable bonds is 9. The van der Waals surface area contributed by atoms with E-state index < -0.39 is 0 Å². The Bertz CT molecular complexity index is 1160. The maximum Gasteiger partial charge on any atom is 0.242 e. The Balaban J connectivity index is 1.50. The smallest absolute Gasteiger partial charge is 0.242 e. The summed E-state index contributed by atoms with van der Waals surface area (Å²) in [5, 5.41) is 0. The number of ether oxygens (including phenoxy) is 3. The summed E-state index contributed by atoms with van der Waals surface area (Å²) < 4.78 is 16.9. The topological polar surface area (TPSA) is 81.2 Å². The predicted octanol–water partition coefficient (Wildman–Crippen LogP) is 3.10. The fraction of sp³-hybridized carbons (Fsp3) is 0.321. The van der Waals surface area contributed by atoms with Gasteiger partial charge in [0.25, 0.3) is 0 Å². The van der Waals surface area contributed by atoms with Crippen LogP contribution in [0.25, 0.3) is 0 Å². The van der Waals surface area contributed by atoms with Gasteiger partial charge in [-0.1, -0.05) is 42.5 Å². The van der Waals surface area contributed by atoms with E-state index in [0.717, 1.165) is 16.7 Å². The Morgan fingerprint density at radius 3 is 2.44 bits per heavy atom. The van der Waals surface area contributed by atoms with Gasteiger partial charge in [0.15, 0.2) is 11.5 Å². The molecule has 188 valence electrons. The van der Waals surface area contributed by atoms with Crippen molar-refractivity contribution in [2.24, 2.45) is 0 Å². The molecule has 0 spiro atoms. The summed E-state index contributed by atoms with van der Waals surface area (Å²) in [5.41, 5.74) is 2.75. The van der Waals surface area contributed by atoms with Gasteiger partial charge in [-0.2, -0.15) is 0 Å². The fourth-order valence-corrected chi connectivity index (χ4v) is 4.21. The van der Waals surface area contributed by atoms with Crippen LogP contribution in [0, 0.1) is 0 Å². The van der Waals surface area contributed by atoms with E-state index in [1.807, 2.05) is 48.5 Å². The predicted molar refractivity (Wildman–Crippen MR) is 135 cm³/mol. The van der Waals surface area contributed by atoms with E-state index in [0.29, 0.717) is 37.7 Å². The highest BCUT2D eigenvalue weighted by molar-refractivity contribution is 5.86. The van der Waals surface area contributed by atoms with Gasteiger partial charge in [0.1, 0.15) is 0 Å². The first-order valence-electron chi connectivity index (χ1n) is 11.9. The zero-order valence-corrected chi connectivity index (χ0v) is 20.6. The molecule has 4 rings (SSSR count). The lowest BCUT2D eigenvalue weighted by Crippen LogP contribution is -2.40. The second-order valence-corrected chi connectivity index (χ2v) is 8.69. The van der Waals surface area contributed by atoms with Gasteiger partial charge in [-0.15, -0.1) is 0 Å². The maximum atomic E-state index is 13.3. The molecule has 8 nitrogen and oxygen atoms in total. The van der Waals surface area contributed by atoms with E-state index >= 15 is 0 Å². The molecule has 0 N–H and O–H groups in total. The molecule has 2 amide bonds. The average molecular weight is 490 g/mol. The SMILES string of the molecule is COc1ccc(CC(=O)N2CC(=O)N(Cc3ccccc3)C[C@@H](OCc3cccnc3)C2)cc1OC. The Kier molecular flexibility index (Phi) is 8.52. The lowest BCUT2D eigenvalue weighted by Gasteiger charge is -2.25. The summed E-state index contributed by atoms with van der Waals surface area (Å²) in [4.78, 5) is 34.0. The summed E-state index contributed by atoms with van der Waals surface area (Å²) in [6.07, 6.45) is 3.27. The minimum absolute atomic E-state index is 0.00566. The van der Waals surface area contributed by atoms with Crippen molar-refractivity contribution in [3.63, 3.8) is 0 Å². The summed E-state index contributed by atoms with van der Waals surface area (Å²) in [7, 11) is 3.13. The molecule has 0 bridgehead atoms. The second kappa shape index (κ2) is 12.2. The van der Waals surface area contributed by atoms with Gasteiger partial charge < -0.3 is 24.0 Å². The summed E-state index contributed by atoms with van der Waals surface area (Å²) in [5.74, 6) is 0.902. The molecule has 1 aliphatic heterocycles. The third kappa shape index (κ3) is 6.60. The van der Waals surface area contributed by atoms with Gasteiger partial charge in [0.2, 0.25) is 11.8 Å². The molecule has 1 fully saturated rings. The van der Waals surface area contributed by atoms with Crippen molar-refractivity contribution in [1.82, 2.24) is 14.8 Å². The van der Waals surface area contributed by atoms with Crippen molar-refractivity contribution in [3.8, 4) is 11.5 Å². The van der Waals surface area contributed by atoms with Crippen molar-refractivity contribution < 1.29 is 23.8 Å². The Hall–Kier alpha value is -3.91. The van der Waals surface area contributed by atoms with Crippen LogP contribution in [0.2, 0.25) is 0 Å². The minimum Gasteiger partial charge on any atom is -0.493 e. The molecule has 1 atom stereocenters. The van der Waals surface area contributed by atoms with E-state index in [-0.39, 0.29) is 30.9 Å². The lowest BCUT2D eigenvalue weighted by molar-refractivity contribution is -0.138. The number of methoxy groups -OCH3 is 2. The monoisotopic (exact) mass is 489 g/mol. The van der Waals surface area contributed by atoms with Gasteiger partial charge in [-0.25, -0.2) is 0 Å². The summed E-state index contributed by atoms with van der Waals surface area (Å²) >= 11 is 0. The third-order valence-corrected chi connectivity index (χ3v) is 6.11. The van der Waals surface area contributed by atoms with Gasteiger partial charge >= 0.3 is 0 Å². The number of hydrogen-bond acceptors (Lipinski definition) is 6. The highest BCUT2D eigenvalue weighted by atomic mass is 16.5. The van der Waals surface area contributed by atoms with Gasteiger partial charge in [0.05, 0.1) is 39.9 Å². The summed E-state index contributed by atoms with van der Waals surface area (Å²) in [6, 6.07) is 19.0. The number of pyridine rings is 1. The van der Waals surface area contributed by atoms with E-state index in [1.165, 1.54) is 0 Å². The van der Waals surface area contributed by atoms with Crippen LogP contribution in [-0.4, -0.2) is 66.6 Å². The normalized spacial score (nSPS) is 15.9. The van der Waals surface area contributed by atoms with E-state index in [4.69, 9.17) is 14.2 Å². The highest BCUT2D eigenvalue weighted by Crippen LogP contribution is 2.28. The van der Waals surface area contributed by atoms with Crippen LogP contribution in [0.3, 0.4) is 0 Å². The number of hydrogen-bond donors (Lipinski definition) is 0. The van der Waals surface area contributed by atoms with Crippen LogP contribution in [-0.2, 0) is 33.9 Å². The molecule has 0 unspecified atom stereocenters. The molecule has 2 heterocycles. The fourth-order valence-electron chi connectivity index (χ4n) is 4.21. The van der Waals surface area contributed by atoms with Crippen molar-refractivity contribution in [3.05, 3.63) is 89.7 Å². The van der Waals surface area contributed by atoms with Crippen molar-refractivity contribution in [2.45, 2.75) is 25.7 Å². The molecule has 1 saturated heterocycles. The van der Waals surface area contributed by atoms with E-state index in [2.05, 4.69) is 4.98 Å². The largest absolute Gasteiger partial charge is 0.493 e. The first kappa shape index (κ1) is 25.2. The van der Waals surface area contributed by atoms with Crippen molar-refractivity contribution in [2.75, 3.05) is 33.9 Å². The molecule has 3 aromatic rings. The molecule has 8 heteroatoms. The number of amides is 2. The Morgan fingerprint density at radius 1 is 0.944 bits per heavy atom. The zero-order valence-electron chi connectivity index (χ0n) is 20.6. The van der Waals surface area contributed by atoms with Crippen LogP contribution < -0.4 is 9.47 Å². The first-order valence-corrected chi connectivity index (χ1v) is 11.9. The zero-order chi connectivity index (χ0) is 25.3. The Labute approximate surface area is 211 Å². The molecule has 36 heavy (non-hydrogen) atoms. The van der Waals surface area contributed by atoms with Gasteiger partial charge in [-0.3, -0.25) is 14.6 Å². The Morgan fingerprint density at radius 2 is 1.72 bits per heavy atom. The van der Waals surface area contributed by atoms with E-state index in [1.54, 1.807) is 48.5 Å². The maximum absolute atomic E-state index is 13.3. The van der Waals surface area contributed by atoms with Gasteiger partial charge in [0, 0.05) is 32.0 Å². The van der Waals surface area contributed by atoms with Crippen LogP contribution in [0.4, 0.5) is 0 Å². The van der Waals surface area contributed by atoms with Crippen molar-refractivity contribution >= 4 is 11.8 Å². The number of carbonyl (C=O) groups is 2. The van der Waals surface area contributed by atoms with Crippen LogP contribution in [0.15, 0.2) is 73.1 Å². The summed E-state index contributed by atoms with van der Waals surface area (Å²) in [6.45, 7) is 1.54. The van der Waals surface area contributed by atoms with Crippen LogP contribution in [0.1, 0.15) is 16.7 Å². The highest BCUT2D eigenvalue weighted by Gasteiger charge is 2.31. The number of nitrogens with zero attached hydrogens (tertiary/aromatic N) is 3. The molecule has 2 aromatic carbocycles. The minimum atomic E-state index is -0.338. The molecule has 0 aliphatic carbocycles. The lowest BCUT2D eigenvalue weighted by atomic mass is 10.1. The van der Waals surface area contributed by atoms with Crippen LogP contribution >= 0.6 is 0 Å². The third-order valence-electron chi connectivity index (χ3n) is 6.11. The molecule has 0 radical (unpaired) electrons. The average Bonchev–Trinajstić information content (AvgIpc) is 3.07. The number of benzene rings is 2.